The van der Waals surface area contributed by atoms with E-state index >= 15 is 0 Å². The fraction of sp³-hybridized carbons (Fsp3) is 0.455. The minimum atomic E-state index is -3.62. The van der Waals surface area contributed by atoms with E-state index < -0.39 is 10.0 Å². The standard InChI is InChI=1S/C22H26FNO2S/c23-20-10-6-9-19(15-20)22-11-2-1-5-14-24(22)27(25,26)21-13-12-17-7-3-4-8-18(17)16-21/h6,9-10,12-13,15-16,22H,1-5,7-8,11,14H2/t22-/m1/s1. The molecule has 1 aliphatic heterocycles. The van der Waals surface area contributed by atoms with Gasteiger partial charge < -0.3 is 0 Å². The Morgan fingerprint density at radius 1 is 0.889 bits per heavy atom. The first kappa shape index (κ1) is 18.6. The van der Waals surface area contributed by atoms with Crippen LogP contribution in [0.15, 0.2) is 47.4 Å². The maximum atomic E-state index is 13.8. The molecule has 2 aromatic rings. The third-order valence-electron chi connectivity index (χ3n) is 5.86. The van der Waals surface area contributed by atoms with Gasteiger partial charge in [0.2, 0.25) is 10.0 Å². The van der Waals surface area contributed by atoms with E-state index in [0.29, 0.717) is 11.4 Å². The first-order valence-electron chi connectivity index (χ1n) is 9.95. The molecular formula is C22H26FNO2S. The Hall–Kier alpha value is -1.72. The van der Waals surface area contributed by atoms with Gasteiger partial charge in [-0.15, -0.1) is 0 Å². The van der Waals surface area contributed by atoms with Crippen molar-refractivity contribution in [3.63, 3.8) is 0 Å². The van der Waals surface area contributed by atoms with E-state index in [0.717, 1.165) is 50.5 Å². The molecule has 0 unspecified atom stereocenters. The molecule has 2 aromatic carbocycles. The molecule has 0 spiro atoms. The maximum Gasteiger partial charge on any atom is 0.243 e. The molecule has 2 aliphatic rings. The van der Waals surface area contributed by atoms with Crippen molar-refractivity contribution in [1.29, 1.82) is 0 Å². The lowest BCUT2D eigenvalue weighted by Crippen LogP contribution is -2.35. The monoisotopic (exact) mass is 387 g/mol. The van der Waals surface area contributed by atoms with Crippen LogP contribution in [0.1, 0.15) is 61.3 Å². The summed E-state index contributed by atoms with van der Waals surface area (Å²) in [6.07, 6.45) is 7.80. The molecule has 1 heterocycles. The Labute approximate surface area is 161 Å². The van der Waals surface area contributed by atoms with Gasteiger partial charge in [0.25, 0.3) is 0 Å². The molecule has 0 aromatic heterocycles. The minimum absolute atomic E-state index is 0.302. The lowest BCUT2D eigenvalue weighted by molar-refractivity contribution is 0.328. The summed E-state index contributed by atoms with van der Waals surface area (Å²) in [7, 11) is -3.62. The highest BCUT2D eigenvalue weighted by Crippen LogP contribution is 2.35. The van der Waals surface area contributed by atoms with Crippen LogP contribution in [0, 0.1) is 5.82 Å². The van der Waals surface area contributed by atoms with Crippen molar-refractivity contribution in [2.75, 3.05) is 6.54 Å². The molecule has 3 nitrogen and oxygen atoms in total. The number of hydrogen-bond acceptors (Lipinski definition) is 2. The lowest BCUT2D eigenvalue weighted by Gasteiger charge is -2.30. The van der Waals surface area contributed by atoms with Crippen LogP contribution in [0.5, 0.6) is 0 Å². The first-order chi connectivity index (χ1) is 13.1. The Bertz CT molecular complexity index is 926. The number of hydrogen-bond donors (Lipinski definition) is 0. The number of aryl methyl sites for hydroxylation is 2. The van der Waals surface area contributed by atoms with Gasteiger partial charge in [-0.05, 0) is 79.5 Å². The molecule has 0 N–H and O–H groups in total. The zero-order valence-electron chi connectivity index (χ0n) is 15.5. The van der Waals surface area contributed by atoms with Crippen LogP contribution in [0.4, 0.5) is 4.39 Å². The summed E-state index contributed by atoms with van der Waals surface area (Å²) in [4.78, 5) is 0.381. The first-order valence-corrected chi connectivity index (χ1v) is 11.4. The van der Waals surface area contributed by atoms with E-state index in [2.05, 4.69) is 0 Å². The minimum Gasteiger partial charge on any atom is -0.207 e. The molecule has 0 saturated carbocycles. The average molecular weight is 388 g/mol. The highest BCUT2D eigenvalue weighted by Gasteiger charge is 2.34. The fourth-order valence-electron chi connectivity index (χ4n) is 4.42. The van der Waals surface area contributed by atoms with Gasteiger partial charge in [0.05, 0.1) is 10.9 Å². The average Bonchev–Trinajstić information content (AvgIpc) is 2.94. The maximum absolute atomic E-state index is 13.8. The molecule has 0 bridgehead atoms. The van der Waals surface area contributed by atoms with Crippen LogP contribution in [0.2, 0.25) is 0 Å². The van der Waals surface area contributed by atoms with Crippen molar-refractivity contribution < 1.29 is 12.8 Å². The fourth-order valence-corrected chi connectivity index (χ4v) is 6.16. The van der Waals surface area contributed by atoms with Crippen molar-refractivity contribution in [1.82, 2.24) is 4.31 Å². The Morgan fingerprint density at radius 2 is 1.70 bits per heavy atom. The van der Waals surface area contributed by atoms with Crippen molar-refractivity contribution in [3.8, 4) is 0 Å². The number of halogens is 1. The molecule has 1 saturated heterocycles. The summed E-state index contributed by atoms with van der Waals surface area (Å²) in [5, 5.41) is 0. The largest absolute Gasteiger partial charge is 0.243 e. The molecule has 0 radical (unpaired) electrons. The summed E-state index contributed by atoms with van der Waals surface area (Å²) in [6, 6.07) is 11.7. The van der Waals surface area contributed by atoms with Gasteiger partial charge in [0.1, 0.15) is 5.82 Å². The van der Waals surface area contributed by atoms with Crippen LogP contribution >= 0.6 is 0 Å². The Balaban J connectivity index is 1.73. The van der Waals surface area contributed by atoms with Crippen molar-refractivity contribution in [2.45, 2.75) is 62.3 Å². The third kappa shape index (κ3) is 3.81. The highest BCUT2D eigenvalue weighted by molar-refractivity contribution is 7.89. The topological polar surface area (TPSA) is 37.4 Å². The highest BCUT2D eigenvalue weighted by atomic mass is 32.2. The van der Waals surface area contributed by atoms with Crippen molar-refractivity contribution >= 4 is 10.0 Å². The molecule has 1 atom stereocenters. The summed E-state index contributed by atoms with van der Waals surface area (Å²) >= 11 is 0. The number of sulfonamides is 1. The third-order valence-corrected chi connectivity index (χ3v) is 7.77. The quantitative estimate of drug-likeness (QED) is 0.742. The molecule has 5 heteroatoms. The van der Waals surface area contributed by atoms with Gasteiger partial charge in [0, 0.05) is 6.54 Å². The van der Waals surface area contributed by atoms with Crippen LogP contribution in [-0.2, 0) is 22.9 Å². The molecular weight excluding hydrogens is 361 g/mol. The van der Waals surface area contributed by atoms with Crippen molar-refractivity contribution in [2.24, 2.45) is 0 Å². The SMILES string of the molecule is O=S(=O)(c1ccc2c(c1)CCCC2)N1CCCCC[C@@H]1c1cccc(F)c1. The van der Waals surface area contributed by atoms with Crippen LogP contribution in [0.3, 0.4) is 0 Å². The van der Waals surface area contributed by atoms with E-state index in [1.807, 2.05) is 18.2 Å². The number of benzene rings is 2. The molecule has 0 amide bonds. The zero-order valence-corrected chi connectivity index (χ0v) is 16.3. The molecule has 27 heavy (non-hydrogen) atoms. The molecule has 1 fully saturated rings. The van der Waals surface area contributed by atoms with Gasteiger partial charge in [0.15, 0.2) is 0 Å². The number of fused-ring (bicyclic) bond motifs is 1. The summed E-state index contributed by atoms with van der Waals surface area (Å²) in [5.74, 6) is -0.317. The van der Waals surface area contributed by atoms with E-state index in [-0.39, 0.29) is 11.9 Å². The lowest BCUT2D eigenvalue weighted by atomic mass is 9.92. The van der Waals surface area contributed by atoms with Crippen LogP contribution in [0.25, 0.3) is 0 Å². The predicted molar refractivity (Wildman–Crippen MR) is 105 cm³/mol. The molecule has 144 valence electrons. The molecule has 1 aliphatic carbocycles. The zero-order chi connectivity index (χ0) is 18.9. The van der Waals surface area contributed by atoms with Gasteiger partial charge in [-0.25, -0.2) is 12.8 Å². The molecule has 4 rings (SSSR count). The summed E-state index contributed by atoms with van der Waals surface area (Å²) in [6.45, 7) is 0.487. The number of nitrogens with zero attached hydrogens (tertiary/aromatic N) is 1. The van der Waals surface area contributed by atoms with Gasteiger partial charge >= 0.3 is 0 Å². The number of rotatable bonds is 3. The second-order valence-corrected chi connectivity index (χ2v) is 9.56. The Morgan fingerprint density at radius 3 is 2.52 bits per heavy atom. The van der Waals surface area contributed by atoms with Crippen LogP contribution < -0.4 is 0 Å². The second kappa shape index (κ2) is 7.72. The summed E-state index contributed by atoms with van der Waals surface area (Å²) in [5.41, 5.74) is 3.19. The van der Waals surface area contributed by atoms with Gasteiger partial charge in [-0.2, -0.15) is 4.31 Å². The van der Waals surface area contributed by atoms with E-state index in [9.17, 15) is 12.8 Å². The smallest absolute Gasteiger partial charge is 0.207 e. The summed E-state index contributed by atoms with van der Waals surface area (Å²) < 4.78 is 42.5. The normalized spacial score (nSPS) is 21.4. The van der Waals surface area contributed by atoms with E-state index in [4.69, 9.17) is 0 Å². The second-order valence-electron chi connectivity index (χ2n) is 7.67. The van der Waals surface area contributed by atoms with Crippen LogP contribution in [-0.4, -0.2) is 19.3 Å². The Kier molecular flexibility index (Phi) is 5.33. The van der Waals surface area contributed by atoms with E-state index in [1.54, 1.807) is 16.4 Å². The van der Waals surface area contributed by atoms with Gasteiger partial charge in [-0.3, -0.25) is 0 Å². The van der Waals surface area contributed by atoms with Crippen molar-refractivity contribution in [3.05, 3.63) is 65.0 Å². The predicted octanol–water partition coefficient (Wildman–Crippen LogP) is 5.01. The van der Waals surface area contributed by atoms with Gasteiger partial charge in [-0.1, -0.05) is 31.0 Å². The van der Waals surface area contributed by atoms with E-state index in [1.165, 1.54) is 29.7 Å².